The monoisotopic (exact) mass is 393 g/mol. The van der Waals surface area contributed by atoms with Gasteiger partial charge in [0.15, 0.2) is 0 Å². The lowest BCUT2D eigenvalue weighted by Crippen LogP contribution is -2.01. The smallest absolute Gasteiger partial charge is 0.373 e. The van der Waals surface area contributed by atoms with E-state index in [4.69, 9.17) is 9.52 Å². The van der Waals surface area contributed by atoms with E-state index in [1.807, 2.05) is 19.9 Å². The molecule has 1 N–H and O–H groups in total. The fourth-order valence-electron chi connectivity index (χ4n) is 1.48. The largest absolute Gasteiger partial charge is 0.475 e. The Morgan fingerprint density at radius 2 is 2.17 bits per heavy atom. The zero-order valence-corrected chi connectivity index (χ0v) is 13.5. The van der Waals surface area contributed by atoms with Crippen LogP contribution >= 0.6 is 43.2 Å². The van der Waals surface area contributed by atoms with Gasteiger partial charge < -0.3 is 9.52 Å². The molecule has 96 valence electrons. The van der Waals surface area contributed by atoms with E-state index in [0.29, 0.717) is 11.6 Å². The Labute approximate surface area is 124 Å². The molecule has 2 aromatic heterocycles. The second kappa shape index (κ2) is 5.14. The molecule has 0 spiro atoms. The molecule has 0 aliphatic heterocycles. The summed E-state index contributed by atoms with van der Waals surface area (Å²) < 4.78 is 7.13. The number of hydrogen-bond donors (Lipinski definition) is 1. The average Bonchev–Trinajstić information content (AvgIpc) is 2.81. The third-order valence-corrected chi connectivity index (χ3v) is 4.62. The van der Waals surface area contributed by atoms with Crippen molar-refractivity contribution in [3.63, 3.8) is 0 Å². The molecule has 0 atom stereocenters. The average molecular weight is 395 g/mol. The van der Waals surface area contributed by atoms with E-state index in [1.165, 1.54) is 11.3 Å². The molecule has 0 bridgehead atoms. The number of carbonyl (C=O) groups is 1. The van der Waals surface area contributed by atoms with Gasteiger partial charge >= 0.3 is 5.97 Å². The highest BCUT2D eigenvalue weighted by Gasteiger charge is 2.24. The Bertz CT molecular complexity index is 603. The number of rotatable bonds is 3. The van der Waals surface area contributed by atoms with Gasteiger partial charge in [0.05, 0.1) is 18.8 Å². The van der Waals surface area contributed by atoms with Crippen LogP contribution in [0.4, 0.5) is 0 Å². The molecule has 2 heterocycles. The Balaban J connectivity index is 2.56. The van der Waals surface area contributed by atoms with Gasteiger partial charge in [0.2, 0.25) is 11.7 Å². The van der Waals surface area contributed by atoms with Gasteiger partial charge in [-0.05, 0) is 43.8 Å². The van der Waals surface area contributed by atoms with Crippen LogP contribution in [0.5, 0.6) is 0 Å². The molecule has 0 unspecified atom stereocenters. The number of halogens is 2. The van der Waals surface area contributed by atoms with Gasteiger partial charge in [0.25, 0.3) is 0 Å². The quantitative estimate of drug-likeness (QED) is 0.815. The van der Waals surface area contributed by atoms with E-state index < -0.39 is 5.97 Å². The highest BCUT2D eigenvalue weighted by Crippen LogP contribution is 2.39. The van der Waals surface area contributed by atoms with Crippen molar-refractivity contribution < 1.29 is 14.3 Å². The van der Waals surface area contributed by atoms with E-state index in [9.17, 15) is 4.79 Å². The van der Waals surface area contributed by atoms with Crippen molar-refractivity contribution in [2.45, 2.75) is 19.8 Å². The SMILES string of the molecule is CC(C)c1nc(-c2cc(Br)sc2Br)oc1C(=O)O. The number of thiophene rings is 1. The van der Waals surface area contributed by atoms with E-state index in [-0.39, 0.29) is 11.7 Å². The van der Waals surface area contributed by atoms with Crippen LogP contribution in [-0.4, -0.2) is 16.1 Å². The zero-order valence-electron chi connectivity index (χ0n) is 9.53. The lowest BCUT2D eigenvalue weighted by Gasteiger charge is -1.98. The first-order chi connectivity index (χ1) is 8.40. The van der Waals surface area contributed by atoms with Gasteiger partial charge in [-0.25, -0.2) is 9.78 Å². The fraction of sp³-hybridized carbons (Fsp3) is 0.273. The molecule has 0 saturated heterocycles. The number of aromatic nitrogens is 1. The first-order valence-corrected chi connectivity index (χ1v) is 7.49. The lowest BCUT2D eigenvalue weighted by atomic mass is 10.1. The fourth-order valence-corrected chi connectivity index (χ4v) is 4.26. The Morgan fingerprint density at radius 3 is 2.56 bits per heavy atom. The van der Waals surface area contributed by atoms with Crippen LogP contribution in [-0.2, 0) is 0 Å². The number of carboxylic acid groups (broad SMARTS) is 1. The second-order valence-corrected chi connectivity index (χ2v) is 7.68. The number of oxazole rings is 1. The number of hydrogen-bond acceptors (Lipinski definition) is 4. The predicted molar refractivity (Wildman–Crippen MR) is 76.3 cm³/mol. The maximum Gasteiger partial charge on any atom is 0.373 e. The maximum absolute atomic E-state index is 11.1. The highest BCUT2D eigenvalue weighted by molar-refractivity contribution is 9.12. The summed E-state index contributed by atoms with van der Waals surface area (Å²) in [5.74, 6) is -0.864. The van der Waals surface area contributed by atoms with Gasteiger partial charge in [-0.3, -0.25) is 0 Å². The van der Waals surface area contributed by atoms with Crippen LogP contribution in [0.1, 0.15) is 36.0 Å². The molecule has 0 aliphatic rings. The first-order valence-electron chi connectivity index (χ1n) is 5.09. The summed E-state index contributed by atoms with van der Waals surface area (Å²) in [7, 11) is 0. The summed E-state index contributed by atoms with van der Waals surface area (Å²) in [4.78, 5) is 15.4. The Hall–Kier alpha value is -0.660. The van der Waals surface area contributed by atoms with E-state index >= 15 is 0 Å². The van der Waals surface area contributed by atoms with E-state index in [2.05, 4.69) is 36.8 Å². The van der Waals surface area contributed by atoms with Crippen LogP contribution in [0.25, 0.3) is 11.5 Å². The third-order valence-electron chi connectivity index (χ3n) is 2.28. The van der Waals surface area contributed by atoms with Gasteiger partial charge in [0, 0.05) is 0 Å². The minimum Gasteiger partial charge on any atom is -0.475 e. The van der Waals surface area contributed by atoms with Crippen molar-refractivity contribution in [3.8, 4) is 11.5 Å². The molecule has 4 nitrogen and oxygen atoms in total. The molecule has 0 radical (unpaired) electrons. The summed E-state index contributed by atoms with van der Waals surface area (Å²) in [6, 6.07) is 1.84. The number of carboxylic acids is 1. The number of aromatic carboxylic acids is 1. The summed E-state index contributed by atoms with van der Waals surface area (Å²) in [5.41, 5.74) is 1.22. The number of nitrogens with zero attached hydrogens (tertiary/aromatic N) is 1. The van der Waals surface area contributed by atoms with Gasteiger partial charge in [-0.15, -0.1) is 11.3 Å². The lowest BCUT2D eigenvalue weighted by molar-refractivity contribution is 0.0661. The van der Waals surface area contributed by atoms with Crippen LogP contribution in [0.3, 0.4) is 0 Å². The van der Waals surface area contributed by atoms with E-state index in [1.54, 1.807) is 0 Å². The van der Waals surface area contributed by atoms with Crippen molar-refractivity contribution >= 4 is 49.2 Å². The topological polar surface area (TPSA) is 63.3 Å². The summed E-state index contributed by atoms with van der Waals surface area (Å²) >= 11 is 8.25. The van der Waals surface area contributed by atoms with Crippen molar-refractivity contribution in [2.75, 3.05) is 0 Å². The van der Waals surface area contributed by atoms with Crippen LogP contribution in [0.15, 0.2) is 18.1 Å². The molecule has 7 heteroatoms. The third kappa shape index (κ3) is 2.53. The molecule has 18 heavy (non-hydrogen) atoms. The Kier molecular flexibility index (Phi) is 3.93. The molecule has 0 fully saturated rings. The van der Waals surface area contributed by atoms with E-state index in [0.717, 1.165) is 13.1 Å². The minimum absolute atomic E-state index is 0.00514. The minimum atomic E-state index is -1.09. The molecule has 2 rings (SSSR count). The first kappa shape index (κ1) is 13.8. The van der Waals surface area contributed by atoms with Gasteiger partial charge in [0.1, 0.15) is 0 Å². The normalized spacial score (nSPS) is 11.2. The second-order valence-electron chi connectivity index (χ2n) is 3.93. The maximum atomic E-state index is 11.1. The van der Waals surface area contributed by atoms with Crippen molar-refractivity contribution in [1.82, 2.24) is 4.98 Å². The van der Waals surface area contributed by atoms with Crippen molar-refractivity contribution in [2.24, 2.45) is 0 Å². The molecule has 0 aromatic carbocycles. The zero-order chi connectivity index (χ0) is 13.4. The molecule has 0 saturated carbocycles. The van der Waals surface area contributed by atoms with Crippen LogP contribution in [0.2, 0.25) is 0 Å². The molecular weight excluding hydrogens is 386 g/mol. The van der Waals surface area contributed by atoms with Crippen molar-refractivity contribution in [3.05, 3.63) is 25.1 Å². The Morgan fingerprint density at radius 1 is 1.50 bits per heavy atom. The van der Waals surface area contributed by atoms with Crippen molar-refractivity contribution in [1.29, 1.82) is 0 Å². The van der Waals surface area contributed by atoms with Crippen LogP contribution in [0, 0.1) is 0 Å². The molecular formula is C11H9Br2NO3S. The predicted octanol–water partition coefficient (Wildman–Crippen LogP) is 4.75. The summed E-state index contributed by atoms with van der Waals surface area (Å²) in [5, 5.41) is 9.10. The molecule has 0 aliphatic carbocycles. The summed E-state index contributed by atoms with van der Waals surface area (Å²) in [6.07, 6.45) is 0. The molecule has 2 aromatic rings. The van der Waals surface area contributed by atoms with Gasteiger partial charge in [-0.1, -0.05) is 13.8 Å². The molecule has 0 amide bonds. The summed E-state index contributed by atoms with van der Waals surface area (Å²) in [6.45, 7) is 3.76. The standard InChI is InChI=1S/C11H9Br2NO3S/c1-4(2)7-8(11(15)16)17-10(14-7)5-3-6(12)18-9(5)13/h3-4H,1-2H3,(H,15,16). The highest BCUT2D eigenvalue weighted by atomic mass is 79.9. The van der Waals surface area contributed by atoms with Gasteiger partial charge in [-0.2, -0.15) is 0 Å². The van der Waals surface area contributed by atoms with Crippen LogP contribution < -0.4 is 0 Å².